The minimum Gasteiger partial charge on any atom is -0.353 e. The molecule has 1 N–H and O–H groups in total. The van der Waals surface area contributed by atoms with E-state index < -0.39 is 0 Å². The van der Waals surface area contributed by atoms with Gasteiger partial charge in [-0.3, -0.25) is 0 Å². The number of nitrogens with one attached hydrogen (secondary N) is 1. The van der Waals surface area contributed by atoms with E-state index in [4.69, 9.17) is 4.98 Å². The van der Waals surface area contributed by atoms with E-state index in [2.05, 4.69) is 33.1 Å². The first-order chi connectivity index (χ1) is 14.1. The number of carbonyl (C=O) groups excluding carboxylic acids is 1. The summed E-state index contributed by atoms with van der Waals surface area (Å²) in [7, 11) is 0. The fourth-order valence-corrected chi connectivity index (χ4v) is 3.98. The maximum atomic E-state index is 12.7. The summed E-state index contributed by atoms with van der Waals surface area (Å²) in [5.41, 5.74) is 3.19. The molecular weight excluding hydrogens is 364 g/mol. The van der Waals surface area contributed by atoms with Crippen molar-refractivity contribution in [1.82, 2.24) is 14.9 Å². The zero-order valence-electron chi connectivity index (χ0n) is 17.4. The molecule has 1 aromatic heterocycles. The zero-order chi connectivity index (χ0) is 20.2. The molecule has 2 aliphatic heterocycles. The van der Waals surface area contributed by atoms with Gasteiger partial charge in [0.1, 0.15) is 5.82 Å². The molecule has 7 heteroatoms. The predicted molar refractivity (Wildman–Crippen MR) is 117 cm³/mol. The van der Waals surface area contributed by atoms with Gasteiger partial charge in [0.15, 0.2) is 0 Å². The minimum atomic E-state index is -0.0324. The van der Waals surface area contributed by atoms with Crippen LogP contribution < -0.4 is 15.1 Å². The van der Waals surface area contributed by atoms with Crippen molar-refractivity contribution in [2.75, 3.05) is 54.4 Å². The summed E-state index contributed by atoms with van der Waals surface area (Å²) < 4.78 is 0. The van der Waals surface area contributed by atoms with E-state index in [1.807, 2.05) is 36.2 Å². The molecule has 2 amide bonds. The monoisotopic (exact) mass is 394 g/mol. The van der Waals surface area contributed by atoms with Gasteiger partial charge in [0, 0.05) is 51.2 Å². The number of amides is 2. The van der Waals surface area contributed by atoms with Gasteiger partial charge in [0.2, 0.25) is 5.95 Å². The van der Waals surface area contributed by atoms with E-state index in [0.29, 0.717) is 13.1 Å². The Bertz CT molecular complexity index is 856. The van der Waals surface area contributed by atoms with E-state index in [9.17, 15) is 4.79 Å². The van der Waals surface area contributed by atoms with Crippen LogP contribution in [0.5, 0.6) is 0 Å². The molecule has 29 heavy (non-hydrogen) atoms. The third kappa shape index (κ3) is 4.44. The molecule has 4 rings (SSSR count). The molecule has 7 nitrogen and oxygen atoms in total. The number of nitrogens with zero attached hydrogens (tertiary/aromatic N) is 5. The molecule has 0 spiro atoms. The zero-order valence-corrected chi connectivity index (χ0v) is 17.4. The second kappa shape index (κ2) is 8.68. The molecule has 0 bridgehead atoms. The Labute approximate surface area is 172 Å². The van der Waals surface area contributed by atoms with Gasteiger partial charge < -0.3 is 20.0 Å². The number of carbonyl (C=O) groups is 1. The minimum absolute atomic E-state index is 0.0324. The number of urea groups is 1. The second-order valence-corrected chi connectivity index (χ2v) is 7.91. The van der Waals surface area contributed by atoms with Crippen molar-refractivity contribution in [2.24, 2.45) is 0 Å². The van der Waals surface area contributed by atoms with Crippen LogP contribution in [-0.2, 0) is 0 Å². The maximum Gasteiger partial charge on any atom is 0.321 e. The molecule has 0 atom stereocenters. The Morgan fingerprint density at radius 3 is 2.45 bits per heavy atom. The molecular formula is C22H30N6O. The standard InChI is InChI=1S/C22H30N6O/c1-17-7-6-8-19(18(17)2)24-22(29)28-15-13-26(14-16-28)20-9-10-23-21(25-20)27-11-4-3-5-12-27/h6-10H,3-5,11-16H2,1-2H3,(H,24,29). The third-order valence-corrected chi connectivity index (χ3v) is 6.00. The summed E-state index contributed by atoms with van der Waals surface area (Å²) in [6.45, 7) is 9.08. The highest BCUT2D eigenvalue weighted by Crippen LogP contribution is 2.21. The lowest BCUT2D eigenvalue weighted by molar-refractivity contribution is 0.208. The molecule has 2 saturated heterocycles. The van der Waals surface area contributed by atoms with Crippen LogP contribution in [0.4, 0.5) is 22.2 Å². The lowest BCUT2D eigenvalue weighted by atomic mass is 10.1. The van der Waals surface area contributed by atoms with Crippen molar-refractivity contribution in [3.05, 3.63) is 41.6 Å². The van der Waals surface area contributed by atoms with E-state index in [1.54, 1.807) is 0 Å². The van der Waals surface area contributed by atoms with E-state index in [1.165, 1.54) is 24.8 Å². The number of benzene rings is 1. The van der Waals surface area contributed by atoms with Crippen LogP contribution >= 0.6 is 0 Å². The van der Waals surface area contributed by atoms with Gasteiger partial charge >= 0.3 is 6.03 Å². The van der Waals surface area contributed by atoms with Crippen molar-refractivity contribution in [3.63, 3.8) is 0 Å². The van der Waals surface area contributed by atoms with E-state index in [0.717, 1.165) is 49.2 Å². The fourth-order valence-electron chi connectivity index (χ4n) is 3.98. The van der Waals surface area contributed by atoms with Crippen LogP contribution in [0, 0.1) is 13.8 Å². The molecule has 2 fully saturated rings. The lowest BCUT2D eigenvalue weighted by Gasteiger charge is -2.36. The molecule has 154 valence electrons. The highest BCUT2D eigenvalue weighted by molar-refractivity contribution is 5.90. The van der Waals surface area contributed by atoms with Gasteiger partial charge in [-0.05, 0) is 56.4 Å². The SMILES string of the molecule is Cc1cccc(NC(=O)N2CCN(c3ccnc(N4CCCCC4)n3)CC2)c1C. The molecule has 0 aliphatic carbocycles. The van der Waals surface area contributed by atoms with Crippen molar-refractivity contribution in [1.29, 1.82) is 0 Å². The predicted octanol–water partition coefficient (Wildman–Crippen LogP) is 3.44. The number of anilines is 3. The third-order valence-electron chi connectivity index (χ3n) is 6.00. The largest absolute Gasteiger partial charge is 0.353 e. The van der Waals surface area contributed by atoms with Crippen LogP contribution in [0.15, 0.2) is 30.5 Å². The Morgan fingerprint density at radius 1 is 0.931 bits per heavy atom. The summed E-state index contributed by atoms with van der Waals surface area (Å²) in [5, 5.41) is 3.06. The number of hydrogen-bond donors (Lipinski definition) is 1. The summed E-state index contributed by atoms with van der Waals surface area (Å²) in [5.74, 6) is 1.78. The van der Waals surface area contributed by atoms with Gasteiger partial charge in [-0.15, -0.1) is 0 Å². The van der Waals surface area contributed by atoms with Gasteiger partial charge in [0.25, 0.3) is 0 Å². The number of piperazine rings is 1. The summed E-state index contributed by atoms with van der Waals surface area (Å²) in [4.78, 5) is 28.4. The number of hydrogen-bond acceptors (Lipinski definition) is 5. The first-order valence-electron chi connectivity index (χ1n) is 10.6. The van der Waals surface area contributed by atoms with E-state index in [-0.39, 0.29) is 6.03 Å². The van der Waals surface area contributed by atoms with Crippen LogP contribution in [0.25, 0.3) is 0 Å². The molecule has 2 aromatic rings. The number of piperidine rings is 1. The lowest BCUT2D eigenvalue weighted by Crippen LogP contribution is -2.50. The van der Waals surface area contributed by atoms with Crippen LogP contribution in [0.1, 0.15) is 30.4 Å². The Morgan fingerprint density at radius 2 is 1.69 bits per heavy atom. The van der Waals surface area contributed by atoms with Gasteiger partial charge in [-0.2, -0.15) is 4.98 Å². The van der Waals surface area contributed by atoms with Gasteiger partial charge in [-0.25, -0.2) is 9.78 Å². The number of rotatable bonds is 3. The molecule has 0 radical (unpaired) electrons. The molecule has 0 unspecified atom stereocenters. The fraction of sp³-hybridized carbons (Fsp3) is 0.500. The molecule has 3 heterocycles. The first-order valence-corrected chi connectivity index (χ1v) is 10.6. The maximum absolute atomic E-state index is 12.7. The average Bonchev–Trinajstić information content (AvgIpc) is 2.78. The van der Waals surface area contributed by atoms with Gasteiger partial charge in [-0.1, -0.05) is 12.1 Å². The highest BCUT2D eigenvalue weighted by Gasteiger charge is 2.23. The summed E-state index contributed by atoms with van der Waals surface area (Å²) in [6, 6.07) is 7.93. The highest BCUT2D eigenvalue weighted by atomic mass is 16.2. The Hall–Kier alpha value is -2.83. The topological polar surface area (TPSA) is 64.6 Å². The van der Waals surface area contributed by atoms with E-state index >= 15 is 0 Å². The number of aromatic nitrogens is 2. The molecule has 2 aliphatic rings. The van der Waals surface area contributed by atoms with Crippen LogP contribution in [0.2, 0.25) is 0 Å². The van der Waals surface area contributed by atoms with Crippen molar-refractivity contribution in [3.8, 4) is 0 Å². The van der Waals surface area contributed by atoms with Crippen molar-refractivity contribution < 1.29 is 4.79 Å². The first kappa shape index (κ1) is 19.5. The quantitative estimate of drug-likeness (QED) is 0.864. The summed E-state index contributed by atoms with van der Waals surface area (Å²) >= 11 is 0. The Kier molecular flexibility index (Phi) is 5.83. The summed E-state index contributed by atoms with van der Waals surface area (Å²) in [6.07, 6.45) is 5.57. The molecule has 1 aromatic carbocycles. The van der Waals surface area contributed by atoms with Gasteiger partial charge in [0.05, 0.1) is 0 Å². The number of aryl methyl sites for hydroxylation is 1. The van der Waals surface area contributed by atoms with Crippen molar-refractivity contribution >= 4 is 23.5 Å². The van der Waals surface area contributed by atoms with Crippen LogP contribution in [-0.4, -0.2) is 60.2 Å². The second-order valence-electron chi connectivity index (χ2n) is 7.91. The smallest absolute Gasteiger partial charge is 0.321 e. The van der Waals surface area contributed by atoms with Crippen molar-refractivity contribution in [2.45, 2.75) is 33.1 Å². The molecule has 0 saturated carbocycles. The Balaban J connectivity index is 1.35. The normalized spacial score (nSPS) is 17.4. The van der Waals surface area contributed by atoms with Crippen LogP contribution in [0.3, 0.4) is 0 Å². The average molecular weight is 395 g/mol.